The van der Waals surface area contributed by atoms with Gasteiger partial charge in [-0.15, -0.1) is 0 Å². The summed E-state index contributed by atoms with van der Waals surface area (Å²) in [7, 11) is -5.83. The van der Waals surface area contributed by atoms with Crippen molar-refractivity contribution in [2.45, 2.75) is 31.1 Å². The number of benzene rings is 2. The van der Waals surface area contributed by atoms with Gasteiger partial charge in [-0.05, 0) is 55.2 Å². The van der Waals surface area contributed by atoms with E-state index in [-0.39, 0.29) is 15.7 Å². The summed E-state index contributed by atoms with van der Waals surface area (Å²) in [6.07, 6.45) is 1.89. The van der Waals surface area contributed by atoms with Crippen molar-refractivity contribution in [3.8, 4) is 5.75 Å². The van der Waals surface area contributed by atoms with Crippen molar-refractivity contribution in [3.63, 3.8) is 0 Å². The first-order valence-corrected chi connectivity index (χ1v) is 12.6. The summed E-state index contributed by atoms with van der Waals surface area (Å²) in [6, 6.07) is 9.21. The molecule has 0 radical (unpaired) electrons. The molecule has 158 valence electrons. The molecule has 1 aliphatic heterocycles. The highest BCUT2D eigenvalue weighted by Gasteiger charge is 2.27. The van der Waals surface area contributed by atoms with Gasteiger partial charge < -0.3 is 4.74 Å². The Balaban J connectivity index is 1.90. The topological polar surface area (TPSA) is 92.8 Å². The molecule has 29 heavy (non-hydrogen) atoms. The fourth-order valence-electron chi connectivity index (χ4n) is 3.32. The van der Waals surface area contributed by atoms with Gasteiger partial charge in [-0.2, -0.15) is 0 Å². The van der Waals surface area contributed by atoms with Crippen molar-refractivity contribution >= 4 is 43.0 Å². The lowest BCUT2D eigenvalue weighted by Crippen LogP contribution is -2.37. The van der Waals surface area contributed by atoms with Crippen molar-refractivity contribution in [2.24, 2.45) is 0 Å². The fourth-order valence-corrected chi connectivity index (χ4v) is 6.53. The maximum Gasteiger partial charge on any atom is 0.263 e. The van der Waals surface area contributed by atoms with Crippen LogP contribution in [0.4, 0.5) is 11.4 Å². The molecule has 0 amide bonds. The van der Waals surface area contributed by atoms with Crippen LogP contribution >= 0.6 is 11.6 Å². The lowest BCUT2D eigenvalue weighted by Gasteiger charge is -2.30. The van der Waals surface area contributed by atoms with E-state index < -0.39 is 20.0 Å². The number of aryl methyl sites for hydroxylation is 1. The van der Waals surface area contributed by atoms with Gasteiger partial charge in [0.1, 0.15) is 10.6 Å². The monoisotopic (exact) mass is 458 g/mol. The zero-order valence-corrected chi connectivity index (χ0v) is 18.6. The highest BCUT2D eigenvalue weighted by molar-refractivity contribution is 7.93. The zero-order chi connectivity index (χ0) is 21.2. The number of rotatable bonds is 7. The summed E-state index contributed by atoms with van der Waals surface area (Å²) < 4.78 is 59.6. The molecule has 1 aliphatic rings. The zero-order valence-electron chi connectivity index (χ0n) is 16.2. The molecule has 3 rings (SSSR count). The Morgan fingerprint density at radius 3 is 2.55 bits per heavy atom. The van der Waals surface area contributed by atoms with Gasteiger partial charge in [0.2, 0.25) is 10.0 Å². The third kappa shape index (κ3) is 4.62. The number of fused-ring (bicyclic) bond motifs is 1. The molecule has 1 N–H and O–H groups in total. The van der Waals surface area contributed by atoms with Crippen LogP contribution in [0, 0.1) is 0 Å². The molecule has 2 aromatic carbocycles. The smallest absolute Gasteiger partial charge is 0.263 e. The molecule has 0 saturated carbocycles. The summed E-state index contributed by atoms with van der Waals surface area (Å²) in [6.45, 7) is 2.26. The van der Waals surface area contributed by atoms with Crippen molar-refractivity contribution in [3.05, 3.63) is 47.0 Å². The Morgan fingerprint density at radius 2 is 1.90 bits per heavy atom. The maximum absolute atomic E-state index is 12.8. The van der Waals surface area contributed by atoms with Gasteiger partial charge in [-0.1, -0.05) is 18.5 Å². The Labute approximate surface area is 176 Å². The van der Waals surface area contributed by atoms with E-state index in [2.05, 4.69) is 4.72 Å². The standard InChI is InChI=1S/C19H23ClN2O5S2/c1-3-11-28(23,24)22-10-4-5-14-12-15(6-8-18(14)22)21-29(25,26)19-9-7-16(27-2)13-17(19)20/h6-9,12-13,21H,3-5,10-11H2,1-2H3. The minimum absolute atomic E-state index is 0.0478. The minimum Gasteiger partial charge on any atom is -0.497 e. The van der Waals surface area contributed by atoms with Crippen LogP contribution in [0.2, 0.25) is 5.02 Å². The first-order valence-electron chi connectivity index (χ1n) is 9.17. The molecule has 0 aliphatic carbocycles. The molecule has 2 aromatic rings. The van der Waals surface area contributed by atoms with E-state index in [4.69, 9.17) is 16.3 Å². The highest BCUT2D eigenvalue weighted by Crippen LogP contribution is 2.33. The van der Waals surface area contributed by atoms with Crippen LogP contribution in [-0.4, -0.2) is 36.2 Å². The first kappa shape index (κ1) is 21.7. The van der Waals surface area contributed by atoms with Crippen LogP contribution in [0.25, 0.3) is 0 Å². The molecular weight excluding hydrogens is 436 g/mol. The molecule has 1 heterocycles. The normalized spacial score (nSPS) is 14.4. The number of ether oxygens (including phenoxy) is 1. The van der Waals surface area contributed by atoms with Gasteiger partial charge in [0.25, 0.3) is 10.0 Å². The first-order chi connectivity index (χ1) is 13.7. The quantitative estimate of drug-likeness (QED) is 0.683. The van der Waals surface area contributed by atoms with Gasteiger partial charge in [0, 0.05) is 18.3 Å². The number of methoxy groups -OCH3 is 1. The molecule has 0 saturated heterocycles. The molecule has 7 nitrogen and oxygen atoms in total. The number of hydrogen-bond acceptors (Lipinski definition) is 5. The lowest BCUT2D eigenvalue weighted by atomic mass is 10.0. The second-order valence-corrected chi connectivity index (χ2v) is 10.8. The van der Waals surface area contributed by atoms with E-state index in [0.29, 0.717) is 42.9 Å². The molecule has 0 fully saturated rings. The van der Waals surface area contributed by atoms with Gasteiger partial charge >= 0.3 is 0 Å². The Hall–Kier alpha value is -1.97. The molecule has 0 unspecified atom stereocenters. The van der Waals surface area contributed by atoms with Gasteiger partial charge in [0.05, 0.1) is 23.6 Å². The largest absolute Gasteiger partial charge is 0.497 e. The summed E-state index contributed by atoms with van der Waals surface area (Å²) in [5.41, 5.74) is 1.75. The summed E-state index contributed by atoms with van der Waals surface area (Å²) in [5, 5.41) is 0.0478. The molecular formula is C19H23ClN2O5S2. The number of nitrogens with one attached hydrogen (secondary N) is 1. The molecule has 0 aromatic heterocycles. The molecule has 10 heteroatoms. The van der Waals surface area contributed by atoms with Crippen LogP contribution < -0.4 is 13.8 Å². The van der Waals surface area contributed by atoms with E-state index in [1.54, 1.807) is 18.2 Å². The number of hydrogen-bond donors (Lipinski definition) is 1. The van der Waals surface area contributed by atoms with Crippen molar-refractivity contribution in [2.75, 3.05) is 28.4 Å². The van der Waals surface area contributed by atoms with E-state index in [1.807, 2.05) is 6.92 Å². The van der Waals surface area contributed by atoms with Crippen LogP contribution in [0.1, 0.15) is 25.3 Å². The fraction of sp³-hybridized carbons (Fsp3) is 0.368. The SMILES string of the molecule is CCCS(=O)(=O)N1CCCc2cc(NS(=O)(=O)c3ccc(OC)cc3Cl)ccc21. The van der Waals surface area contributed by atoms with Crippen LogP contribution in [0.3, 0.4) is 0 Å². The van der Waals surface area contributed by atoms with Crippen LogP contribution in [-0.2, 0) is 26.5 Å². The van der Waals surface area contributed by atoms with E-state index >= 15 is 0 Å². The van der Waals surface area contributed by atoms with Gasteiger partial charge in [0.15, 0.2) is 0 Å². The number of anilines is 2. The second-order valence-electron chi connectivity index (χ2n) is 6.74. The third-order valence-electron chi connectivity index (χ3n) is 4.63. The van der Waals surface area contributed by atoms with Crippen molar-refractivity contribution in [1.82, 2.24) is 0 Å². The van der Waals surface area contributed by atoms with Crippen molar-refractivity contribution < 1.29 is 21.6 Å². The second kappa shape index (κ2) is 8.41. The predicted molar refractivity (Wildman–Crippen MR) is 115 cm³/mol. The third-order valence-corrected chi connectivity index (χ3v) is 8.47. The minimum atomic E-state index is -3.92. The number of halogens is 1. The van der Waals surface area contributed by atoms with E-state index in [9.17, 15) is 16.8 Å². The number of sulfonamides is 2. The van der Waals surface area contributed by atoms with E-state index in [0.717, 1.165) is 5.56 Å². The Morgan fingerprint density at radius 1 is 1.14 bits per heavy atom. The summed E-state index contributed by atoms with van der Waals surface area (Å²) in [4.78, 5) is -0.0650. The van der Waals surface area contributed by atoms with Crippen molar-refractivity contribution in [1.29, 1.82) is 0 Å². The summed E-state index contributed by atoms with van der Waals surface area (Å²) in [5.74, 6) is 0.535. The Kier molecular flexibility index (Phi) is 6.30. The number of nitrogens with zero attached hydrogens (tertiary/aromatic N) is 1. The molecule has 0 atom stereocenters. The molecule has 0 bridgehead atoms. The van der Waals surface area contributed by atoms with Gasteiger partial charge in [-0.3, -0.25) is 9.03 Å². The Bertz CT molecular complexity index is 1120. The van der Waals surface area contributed by atoms with Gasteiger partial charge in [-0.25, -0.2) is 16.8 Å². The summed E-state index contributed by atoms with van der Waals surface area (Å²) >= 11 is 6.10. The van der Waals surface area contributed by atoms with Crippen LogP contribution in [0.15, 0.2) is 41.3 Å². The predicted octanol–water partition coefficient (Wildman–Crippen LogP) is 3.64. The van der Waals surface area contributed by atoms with E-state index in [1.165, 1.54) is 29.6 Å². The average Bonchev–Trinajstić information content (AvgIpc) is 2.66. The lowest BCUT2D eigenvalue weighted by molar-refractivity contribution is 0.414. The average molecular weight is 459 g/mol. The highest BCUT2D eigenvalue weighted by atomic mass is 35.5. The van der Waals surface area contributed by atoms with Crippen LogP contribution in [0.5, 0.6) is 5.75 Å². The molecule has 0 spiro atoms. The maximum atomic E-state index is 12.8.